The molecule has 0 atom stereocenters. The lowest BCUT2D eigenvalue weighted by Gasteiger charge is -2.27. The number of likely N-dealkylation sites (tertiary alicyclic amines) is 1. The van der Waals surface area contributed by atoms with E-state index in [0.29, 0.717) is 53.1 Å². The van der Waals surface area contributed by atoms with Crippen LogP contribution in [0.1, 0.15) is 46.9 Å². The molecular weight excluding hydrogens is 397 g/mol. The van der Waals surface area contributed by atoms with E-state index < -0.39 is 11.8 Å². The van der Waals surface area contributed by atoms with Crippen molar-refractivity contribution < 1.29 is 18.7 Å². The SMILES string of the molecule is CCOC(=O)c1ccc(Nc2c(C(=O)N3CCCCC3)cnc3ccc(F)cc23)cc1. The molecule has 0 spiro atoms. The Hall–Kier alpha value is -3.48. The predicted octanol–water partition coefficient (Wildman–Crippen LogP) is 4.92. The molecule has 1 aliphatic heterocycles. The number of halogens is 1. The van der Waals surface area contributed by atoms with Crippen LogP contribution in [0.5, 0.6) is 0 Å². The van der Waals surface area contributed by atoms with Crippen LogP contribution in [0.4, 0.5) is 15.8 Å². The lowest BCUT2D eigenvalue weighted by Crippen LogP contribution is -2.36. The van der Waals surface area contributed by atoms with Gasteiger partial charge in [-0.05, 0) is 68.7 Å². The van der Waals surface area contributed by atoms with E-state index >= 15 is 0 Å². The number of nitrogens with one attached hydrogen (secondary N) is 1. The summed E-state index contributed by atoms with van der Waals surface area (Å²) >= 11 is 0. The summed E-state index contributed by atoms with van der Waals surface area (Å²) in [6.07, 6.45) is 4.61. The molecule has 1 aromatic heterocycles. The second-order valence-electron chi connectivity index (χ2n) is 7.48. The predicted molar refractivity (Wildman–Crippen MR) is 117 cm³/mol. The third-order valence-corrected chi connectivity index (χ3v) is 5.37. The first kappa shape index (κ1) is 20.8. The van der Waals surface area contributed by atoms with E-state index in [-0.39, 0.29) is 5.91 Å². The number of pyridine rings is 1. The van der Waals surface area contributed by atoms with Crippen molar-refractivity contribution in [3.8, 4) is 0 Å². The molecule has 2 aromatic carbocycles. The van der Waals surface area contributed by atoms with Gasteiger partial charge in [0.2, 0.25) is 0 Å². The van der Waals surface area contributed by atoms with Gasteiger partial charge in [-0.25, -0.2) is 9.18 Å². The number of benzene rings is 2. The van der Waals surface area contributed by atoms with Crippen molar-refractivity contribution in [2.75, 3.05) is 25.0 Å². The number of carbonyl (C=O) groups is 2. The second kappa shape index (κ2) is 9.12. The molecular formula is C24H24FN3O3. The number of hydrogen-bond donors (Lipinski definition) is 1. The quantitative estimate of drug-likeness (QED) is 0.592. The molecule has 1 N–H and O–H groups in total. The van der Waals surface area contributed by atoms with Gasteiger partial charge < -0.3 is 15.0 Å². The Morgan fingerprint density at radius 3 is 2.55 bits per heavy atom. The fourth-order valence-electron chi connectivity index (χ4n) is 3.78. The summed E-state index contributed by atoms with van der Waals surface area (Å²) in [6.45, 7) is 3.46. The number of carbonyl (C=O) groups excluding carboxylic acids is 2. The lowest BCUT2D eigenvalue weighted by molar-refractivity contribution is 0.0526. The minimum atomic E-state index is -0.405. The zero-order valence-corrected chi connectivity index (χ0v) is 17.4. The van der Waals surface area contributed by atoms with Gasteiger partial charge in [-0.2, -0.15) is 0 Å². The minimum absolute atomic E-state index is 0.121. The highest BCUT2D eigenvalue weighted by molar-refractivity contribution is 6.08. The largest absolute Gasteiger partial charge is 0.462 e. The van der Waals surface area contributed by atoms with E-state index in [1.807, 2.05) is 4.90 Å². The number of hydrogen-bond acceptors (Lipinski definition) is 5. The number of esters is 1. The Balaban J connectivity index is 1.72. The summed E-state index contributed by atoms with van der Waals surface area (Å²) < 4.78 is 19.1. The van der Waals surface area contributed by atoms with Gasteiger partial charge in [-0.1, -0.05) is 0 Å². The number of rotatable bonds is 5. The van der Waals surface area contributed by atoms with E-state index in [2.05, 4.69) is 10.3 Å². The molecule has 1 aliphatic rings. The van der Waals surface area contributed by atoms with E-state index in [0.717, 1.165) is 19.3 Å². The molecule has 1 fully saturated rings. The van der Waals surface area contributed by atoms with E-state index in [1.165, 1.54) is 12.1 Å². The van der Waals surface area contributed by atoms with Crippen LogP contribution in [-0.4, -0.2) is 41.5 Å². The summed E-state index contributed by atoms with van der Waals surface area (Å²) in [4.78, 5) is 31.4. The van der Waals surface area contributed by atoms with Gasteiger partial charge in [0.25, 0.3) is 5.91 Å². The smallest absolute Gasteiger partial charge is 0.338 e. The van der Waals surface area contributed by atoms with Gasteiger partial charge in [0.05, 0.1) is 28.9 Å². The molecule has 3 aromatic rings. The first-order valence-corrected chi connectivity index (χ1v) is 10.5. The van der Waals surface area contributed by atoms with Crippen molar-refractivity contribution in [2.45, 2.75) is 26.2 Å². The van der Waals surface area contributed by atoms with Gasteiger partial charge in [0.1, 0.15) is 5.82 Å². The summed E-state index contributed by atoms with van der Waals surface area (Å²) in [6, 6.07) is 11.1. The van der Waals surface area contributed by atoms with E-state index in [9.17, 15) is 14.0 Å². The molecule has 1 saturated heterocycles. The number of fused-ring (bicyclic) bond motifs is 1. The number of aromatic nitrogens is 1. The Bertz CT molecular complexity index is 1110. The Labute approximate surface area is 180 Å². The fraction of sp³-hybridized carbons (Fsp3) is 0.292. The molecule has 0 bridgehead atoms. The van der Waals surface area contributed by atoms with Crippen LogP contribution < -0.4 is 5.32 Å². The van der Waals surface area contributed by atoms with Gasteiger partial charge in [0.15, 0.2) is 0 Å². The summed E-state index contributed by atoms with van der Waals surface area (Å²) in [5.74, 6) is -0.923. The number of anilines is 2. The van der Waals surface area contributed by atoms with Crippen molar-refractivity contribution in [1.82, 2.24) is 9.88 Å². The fourth-order valence-corrected chi connectivity index (χ4v) is 3.78. The van der Waals surface area contributed by atoms with Crippen LogP contribution in [0.3, 0.4) is 0 Å². The highest BCUT2D eigenvalue weighted by Crippen LogP contribution is 2.31. The maximum atomic E-state index is 14.1. The zero-order chi connectivity index (χ0) is 21.8. The topological polar surface area (TPSA) is 71.5 Å². The van der Waals surface area contributed by atoms with Crippen molar-refractivity contribution in [2.24, 2.45) is 0 Å². The van der Waals surface area contributed by atoms with Gasteiger partial charge in [0, 0.05) is 30.4 Å². The van der Waals surface area contributed by atoms with E-state index in [4.69, 9.17) is 4.74 Å². The lowest BCUT2D eigenvalue weighted by atomic mass is 10.1. The summed E-state index contributed by atoms with van der Waals surface area (Å²) in [7, 11) is 0. The first-order chi connectivity index (χ1) is 15.1. The molecule has 6 nitrogen and oxygen atoms in total. The number of amides is 1. The molecule has 2 heterocycles. The van der Waals surface area contributed by atoms with Crippen molar-refractivity contribution >= 4 is 34.2 Å². The highest BCUT2D eigenvalue weighted by Gasteiger charge is 2.23. The molecule has 0 aliphatic carbocycles. The maximum Gasteiger partial charge on any atom is 0.338 e. The molecule has 31 heavy (non-hydrogen) atoms. The Morgan fingerprint density at radius 2 is 1.84 bits per heavy atom. The molecule has 0 unspecified atom stereocenters. The molecule has 4 rings (SSSR count). The molecule has 7 heteroatoms. The number of ether oxygens (including phenoxy) is 1. The van der Waals surface area contributed by atoms with Gasteiger partial charge in [-0.15, -0.1) is 0 Å². The summed E-state index contributed by atoms with van der Waals surface area (Å²) in [5.41, 5.74) is 2.58. The average molecular weight is 421 g/mol. The van der Waals surface area contributed by atoms with Crippen LogP contribution in [-0.2, 0) is 4.74 Å². The molecule has 160 valence electrons. The number of nitrogens with zero attached hydrogens (tertiary/aromatic N) is 2. The Kier molecular flexibility index (Phi) is 6.11. The van der Waals surface area contributed by atoms with Crippen LogP contribution in [0.2, 0.25) is 0 Å². The van der Waals surface area contributed by atoms with Crippen LogP contribution in [0, 0.1) is 5.82 Å². The second-order valence-corrected chi connectivity index (χ2v) is 7.48. The van der Waals surface area contributed by atoms with E-state index in [1.54, 1.807) is 43.5 Å². The minimum Gasteiger partial charge on any atom is -0.462 e. The standard InChI is InChI=1S/C24H24FN3O3/c1-2-31-24(30)16-6-9-18(10-7-16)27-22-19-14-17(25)8-11-21(19)26-15-20(22)23(29)28-12-4-3-5-13-28/h6-11,14-15H,2-5,12-13H2,1H3,(H,26,27). The number of piperidine rings is 1. The summed E-state index contributed by atoms with van der Waals surface area (Å²) in [5, 5.41) is 3.78. The first-order valence-electron chi connectivity index (χ1n) is 10.5. The molecule has 1 amide bonds. The van der Waals surface area contributed by atoms with Crippen LogP contribution >= 0.6 is 0 Å². The van der Waals surface area contributed by atoms with Crippen molar-refractivity contribution in [3.63, 3.8) is 0 Å². The monoisotopic (exact) mass is 421 g/mol. The molecule has 0 radical (unpaired) electrons. The van der Waals surface area contributed by atoms with Gasteiger partial charge in [-0.3, -0.25) is 9.78 Å². The van der Waals surface area contributed by atoms with Crippen LogP contribution in [0.15, 0.2) is 48.7 Å². The van der Waals surface area contributed by atoms with Crippen molar-refractivity contribution in [1.29, 1.82) is 0 Å². The van der Waals surface area contributed by atoms with Crippen molar-refractivity contribution in [3.05, 3.63) is 65.6 Å². The van der Waals surface area contributed by atoms with Gasteiger partial charge >= 0.3 is 5.97 Å². The highest BCUT2D eigenvalue weighted by atomic mass is 19.1. The third-order valence-electron chi connectivity index (χ3n) is 5.37. The normalized spacial score (nSPS) is 13.8. The van der Waals surface area contributed by atoms with Crippen LogP contribution in [0.25, 0.3) is 10.9 Å². The average Bonchev–Trinajstić information content (AvgIpc) is 2.80. The zero-order valence-electron chi connectivity index (χ0n) is 17.4. The maximum absolute atomic E-state index is 14.1. The third kappa shape index (κ3) is 4.50. The molecule has 0 saturated carbocycles. The Morgan fingerprint density at radius 1 is 1.10 bits per heavy atom.